The van der Waals surface area contributed by atoms with Gasteiger partial charge >= 0.3 is 7.12 Å². The van der Waals surface area contributed by atoms with E-state index in [4.69, 9.17) is 23.5 Å². The van der Waals surface area contributed by atoms with Gasteiger partial charge in [0.2, 0.25) is 0 Å². The van der Waals surface area contributed by atoms with Gasteiger partial charge in [-0.15, -0.1) is 0 Å². The molecule has 6 heteroatoms. The lowest BCUT2D eigenvalue weighted by molar-refractivity contribution is -0.0570. The third-order valence-corrected chi connectivity index (χ3v) is 6.05. The molecule has 1 fully saturated rings. The molecule has 32 heavy (non-hydrogen) atoms. The van der Waals surface area contributed by atoms with Gasteiger partial charge in [0, 0.05) is 6.61 Å². The summed E-state index contributed by atoms with van der Waals surface area (Å²) in [6, 6.07) is 14.2. The van der Waals surface area contributed by atoms with Crippen LogP contribution in [0, 0.1) is 5.92 Å². The molecule has 2 aromatic rings. The number of hydrogen-bond acceptors (Lipinski definition) is 5. The van der Waals surface area contributed by atoms with Crippen molar-refractivity contribution in [2.24, 2.45) is 5.92 Å². The van der Waals surface area contributed by atoms with Crippen molar-refractivity contribution in [3.8, 4) is 11.5 Å². The highest BCUT2D eigenvalue weighted by Crippen LogP contribution is 2.37. The maximum Gasteiger partial charge on any atom is 0.495 e. The monoisotopic (exact) mass is 440 g/mol. The van der Waals surface area contributed by atoms with Crippen LogP contribution in [0.3, 0.4) is 0 Å². The Morgan fingerprint density at radius 2 is 1.50 bits per heavy atom. The molecule has 1 aliphatic heterocycles. The van der Waals surface area contributed by atoms with Gasteiger partial charge in [0.15, 0.2) is 0 Å². The van der Waals surface area contributed by atoms with Gasteiger partial charge in [-0.1, -0.05) is 32.0 Å². The summed E-state index contributed by atoms with van der Waals surface area (Å²) in [6.07, 6.45) is 1.06. The van der Waals surface area contributed by atoms with E-state index in [0.717, 1.165) is 28.9 Å². The standard InChI is InChI=1S/C26H37BO5/c1-8-28-18-29-17-21-16-23(30-22-11-9-20(10-12-22)15-19(2)3)13-14-24(21)27-31-25(4,5)26(6,7)32-27/h9-14,16,19H,8,15,17-18H2,1-7H3. The van der Waals surface area contributed by atoms with Crippen LogP contribution in [0.25, 0.3) is 0 Å². The summed E-state index contributed by atoms with van der Waals surface area (Å²) < 4.78 is 29.7. The SMILES string of the molecule is CCOCOCc1cc(Oc2ccc(CC(C)C)cc2)ccc1B1OC(C)(C)C(C)(C)O1. The van der Waals surface area contributed by atoms with Crippen LogP contribution in [-0.2, 0) is 31.8 Å². The number of rotatable bonds is 10. The van der Waals surface area contributed by atoms with Crippen molar-refractivity contribution in [2.45, 2.75) is 72.7 Å². The highest BCUT2D eigenvalue weighted by atomic mass is 16.7. The van der Waals surface area contributed by atoms with E-state index in [2.05, 4.69) is 53.7 Å². The predicted molar refractivity (Wildman–Crippen MR) is 128 cm³/mol. The number of ether oxygens (including phenoxy) is 3. The average Bonchev–Trinajstić information content (AvgIpc) is 2.93. The highest BCUT2D eigenvalue weighted by molar-refractivity contribution is 6.62. The van der Waals surface area contributed by atoms with Crippen LogP contribution in [-0.4, -0.2) is 31.7 Å². The van der Waals surface area contributed by atoms with Crippen molar-refractivity contribution >= 4 is 12.6 Å². The largest absolute Gasteiger partial charge is 0.495 e. The van der Waals surface area contributed by atoms with Gasteiger partial charge in [0.25, 0.3) is 0 Å². The van der Waals surface area contributed by atoms with Crippen molar-refractivity contribution in [2.75, 3.05) is 13.4 Å². The molecule has 0 saturated carbocycles. The molecule has 1 saturated heterocycles. The molecular weight excluding hydrogens is 403 g/mol. The van der Waals surface area contributed by atoms with Gasteiger partial charge in [-0.25, -0.2) is 0 Å². The smallest absolute Gasteiger partial charge is 0.457 e. The van der Waals surface area contributed by atoms with Gasteiger partial charge in [0.05, 0.1) is 17.8 Å². The molecule has 0 N–H and O–H groups in total. The summed E-state index contributed by atoms with van der Waals surface area (Å²) in [5.74, 6) is 2.18. The molecule has 0 radical (unpaired) electrons. The van der Waals surface area contributed by atoms with Crippen molar-refractivity contribution in [1.82, 2.24) is 0 Å². The second kappa shape index (κ2) is 10.4. The molecule has 0 aromatic heterocycles. The first-order valence-electron chi connectivity index (χ1n) is 11.5. The van der Waals surface area contributed by atoms with Crippen LogP contribution in [0.4, 0.5) is 0 Å². The summed E-state index contributed by atoms with van der Waals surface area (Å²) in [5.41, 5.74) is 2.40. The van der Waals surface area contributed by atoms with Gasteiger partial charge < -0.3 is 23.5 Å². The molecule has 0 atom stereocenters. The third kappa shape index (κ3) is 6.13. The second-order valence-corrected chi connectivity index (χ2v) is 9.75. The Kier molecular flexibility index (Phi) is 8.04. The first-order chi connectivity index (χ1) is 15.1. The van der Waals surface area contributed by atoms with E-state index in [1.165, 1.54) is 5.56 Å². The zero-order chi connectivity index (χ0) is 23.4. The fourth-order valence-electron chi connectivity index (χ4n) is 3.57. The Bertz CT molecular complexity index is 860. The lowest BCUT2D eigenvalue weighted by Crippen LogP contribution is -2.41. The number of benzene rings is 2. The Morgan fingerprint density at radius 3 is 2.09 bits per heavy atom. The fraction of sp³-hybridized carbons (Fsp3) is 0.538. The summed E-state index contributed by atoms with van der Waals surface area (Å²) in [5, 5.41) is 0. The minimum atomic E-state index is -0.463. The van der Waals surface area contributed by atoms with E-state index in [9.17, 15) is 0 Å². The normalized spacial score (nSPS) is 17.2. The molecule has 3 rings (SSSR count). The summed E-state index contributed by atoms with van der Waals surface area (Å²) in [4.78, 5) is 0. The van der Waals surface area contributed by atoms with Crippen molar-refractivity contribution in [3.05, 3.63) is 53.6 Å². The Labute approximate surface area is 193 Å². The molecule has 1 heterocycles. The molecule has 0 bridgehead atoms. The van der Waals surface area contributed by atoms with Gasteiger partial charge in [-0.05, 0) is 87.8 Å². The summed E-state index contributed by atoms with van der Waals surface area (Å²) >= 11 is 0. The average molecular weight is 440 g/mol. The summed E-state index contributed by atoms with van der Waals surface area (Å²) in [6.45, 7) is 15.8. The second-order valence-electron chi connectivity index (χ2n) is 9.75. The first kappa shape index (κ1) is 24.8. The topological polar surface area (TPSA) is 46.2 Å². The molecule has 2 aromatic carbocycles. The predicted octanol–water partition coefficient (Wildman–Crippen LogP) is 5.49. The van der Waals surface area contributed by atoms with E-state index in [1.54, 1.807) is 0 Å². The van der Waals surface area contributed by atoms with Crippen LogP contribution < -0.4 is 10.2 Å². The lowest BCUT2D eigenvalue weighted by atomic mass is 9.76. The van der Waals surface area contributed by atoms with E-state index in [1.807, 2.05) is 37.3 Å². The first-order valence-corrected chi connectivity index (χ1v) is 11.5. The maximum atomic E-state index is 6.27. The molecule has 0 amide bonds. The van der Waals surface area contributed by atoms with E-state index < -0.39 is 18.3 Å². The fourth-order valence-corrected chi connectivity index (χ4v) is 3.57. The lowest BCUT2D eigenvalue weighted by Gasteiger charge is -2.32. The Balaban J connectivity index is 1.79. The Hall–Kier alpha value is -1.86. The van der Waals surface area contributed by atoms with E-state index in [0.29, 0.717) is 19.1 Å². The van der Waals surface area contributed by atoms with Crippen molar-refractivity contribution in [1.29, 1.82) is 0 Å². The Morgan fingerprint density at radius 1 is 0.875 bits per heavy atom. The molecule has 174 valence electrons. The number of hydrogen-bond donors (Lipinski definition) is 0. The third-order valence-electron chi connectivity index (χ3n) is 6.05. The van der Waals surface area contributed by atoms with Gasteiger partial charge in [-0.3, -0.25) is 0 Å². The maximum absolute atomic E-state index is 6.27. The van der Waals surface area contributed by atoms with Crippen LogP contribution in [0.2, 0.25) is 0 Å². The minimum Gasteiger partial charge on any atom is -0.457 e. The zero-order valence-electron chi connectivity index (χ0n) is 20.6. The summed E-state index contributed by atoms with van der Waals surface area (Å²) in [7, 11) is -0.463. The molecule has 0 unspecified atom stereocenters. The van der Waals surface area contributed by atoms with Crippen molar-refractivity contribution in [3.63, 3.8) is 0 Å². The molecule has 1 aliphatic rings. The van der Waals surface area contributed by atoms with E-state index in [-0.39, 0.29) is 6.79 Å². The van der Waals surface area contributed by atoms with Gasteiger partial charge in [-0.2, -0.15) is 0 Å². The van der Waals surface area contributed by atoms with E-state index >= 15 is 0 Å². The van der Waals surface area contributed by atoms with Crippen LogP contribution >= 0.6 is 0 Å². The highest BCUT2D eigenvalue weighted by Gasteiger charge is 2.52. The molecule has 5 nitrogen and oxygen atoms in total. The van der Waals surface area contributed by atoms with Gasteiger partial charge in [0.1, 0.15) is 18.3 Å². The molecular formula is C26H37BO5. The molecule has 0 aliphatic carbocycles. The van der Waals surface area contributed by atoms with Crippen molar-refractivity contribution < 1.29 is 23.5 Å². The minimum absolute atomic E-state index is 0.238. The molecule has 0 spiro atoms. The quantitative estimate of drug-likeness (QED) is 0.278. The van der Waals surface area contributed by atoms with Crippen LogP contribution in [0.1, 0.15) is 59.6 Å². The zero-order valence-corrected chi connectivity index (χ0v) is 20.6. The van der Waals surface area contributed by atoms with Crippen LogP contribution in [0.15, 0.2) is 42.5 Å². The van der Waals surface area contributed by atoms with Crippen LogP contribution in [0.5, 0.6) is 11.5 Å².